The number of urea groups is 1. The average molecular weight is 257 g/mol. The first kappa shape index (κ1) is 13.9. The van der Waals surface area contributed by atoms with Crippen LogP contribution in [0.15, 0.2) is 0 Å². The maximum atomic E-state index is 11.4. The topological polar surface area (TPSA) is 74.2 Å². The molecule has 1 unspecified atom stereocenters. The molecule has 2 amide bonds. The third kappa shape index (κ3) is 5.14. The zero-order valence-electron chi connectivity index (χ0n) is 10.4. The number of aromatic nitrogens is 1. The van der Waals surface area contributed by atoms with Crippen LogP contribution in [-0.2, 0) is 6.54 Å². The Morgan fingerprint density at radius 3 is 2.71 bits per heavy atom. The van der Waals surface area contributed by atoms with Gasteiger partial charge in [-0.15, -0.1) is 11.3 Å². The molecule has 0 radical (unpaired) electrons. The van der Waals surface area contributed by atoms with Crippen LogP contribution in [0.5, 0.6) is 0 Å². The van der Waals surface area contributed by atoms with Crippen molar-refractivity contribution < 1.29 is 9.90 Å². The second-order valence-electron chi connectivity index (χ2n) is 3.98. The van der Waals surface area contributed by atoms with E-state index >= 15 is 0 Å². The van der Waals surface area contributed by atoms with Crippen molar-refractivity contribution in [2.45, 2.75) is 39.8 Å². The number of aryl methyl sites for hydroxylation is 2. The maximum Gasteiger partial charge on any atom is 0.315 e. The molecule has 1 aromatic heterocycles. The highest BCUT2D eigenvalue weighted by Crippen LogP contribution is 2.15. The van der Waals surface area contributed by atoms with Crippen molar-refractivity contribution in [3.63, 3.8) is 0 Å². The van der Waals surface area contributed by atoms with Gasteiger partial charge in [0.1, 0.15) is 0 Å². The van der Waals surface area contributed by atoms with Crippen molar-refractivity contribution >= 4 is 17.4 Å². The highest BCUT2D eigenvalue weighted by molar-refractivity contribution is 7.11. The predicted octanol–water partition coefficient (Wildman–Crippen LogP) is 1.33. The summed E-state index contributed by atoms with van der Waals surface area (Å²) in [6, 6.07) is -0.226. The van der Waals surface area contributed by atoms with Crippen molar-refractivity contribution in [1.82, 2.24) is 15.6 Å². The number of carbonyl (C=O) groups is 1. The fourth-order valence-electron chi connectivity index (χ4n) is 1.36. The van der Waals surface area contributed by atoms with Crippen LogP contribution < -0.4 is 10.6 Å². The number of aliphatic hydroxyl groups excluding tert-OH is 1. The number of hydrogen-bond donors (Lipinski definition) is 3. The monoisotopic (exact) mass is 257 g/mol. The van der Waals surface area contributed by atoms with Crippen LogP contribution in [0.2, 0.25) is 0 Å². The van der Waals surface area contributed by atoms with E-state index in [1.165, 1.54) is 0 Å². The molecule has 3 N–H and O–H groups in total. The number of thiazole rings is 1. The summed E-state index contributed by atoms with van der Waals surface area (Å²) in [5.41, 5.74) is 0.915. The minimum Gasteiger partial charge on any atom is -0.393 e. The molecule has 6 heteroatoms. The number of nitrogens with one attached hydrogen (secondary N) is 2. The van der Waals surface area contributed by atoms with E-state index in [9.17, 15) is 4.79 Å². The zero-order valence-corrected chi connectivity index (χ0v) is 11.2. The van der Waals surface area contributed by atoms with Gasteiger partial charge in [0.25, 0.3) is 0 Å². The lowest BCUT2D eigenvalue weighted by Gasteiger charge is -2.07. The molecule has 0 bridgehead atoms. The van der Waals surface area contributed by atoms with Crippen molar-refractivity contribution in [2.75, 3.05) is 6.54 Å². The van der Waals surface area contributed by atoms with Crippen LogP contribution >= 0.6 is 11.3 Å². The van der Waals surface area contributed by atoms with Crippen LogP contribution in [0.4, 0.5) is 4.79 Å². The molecular weight excluding hydrogens is 238 g/mol. The van der Waals surface area contributed by atoms with Gasteiger partial charge >= 0.3 is 6.03 Å². The van der Waals surface area contributed by atoms with Gasteiger partial charge in [0.2, 0.25) is 0 Å². The second kappa shape index (κ2) is 6.56. The van der Waals surface area contributed by atoms with Crippen LogP contribution in [0.3, 0.4) is 0 Å². The van der Waals surface area contributed by atoms with E-state index in [1.54, 1.807) is 18.3 Å². The summed E-state index contributed by atoms with van der Waals surface area (Å²) < 4.78 is 0. The summed E-state index contributed by atoms with van der Waals surface area (Å²) >= 11 is 1.63. The first-order valence-corrected chi connectivity index (χ1v) is 6.43. The zero-order chi connectivity index (χ0) is 12.8. The van der Waals surface area contributed by atoms with Crippen LogP contribution in [0.25, 0.3) is 0 Å². The number of nitrogens with zero attached hydrogens (tertiary/aromatic N) is 1. The Morgan fingerprint density at radius 2 is 2.18 bits per heavy atom. The number of amides is 2. The van der Waals surface area contributed by atoms with E-state index in [4.69, 9.17) is 5.11 Å². The van der Waals surface area contributed by atoms with E-state index < -0.39 is 6.10 Å². The summed E-state index contributed by atoms with van der Waals surface area (Å²) in [4.78, 5) is 16.8. The quantitative estimate of drug-likeness (QED) is 0.745. The predicted molar refractivity (Wildman–Crippen MR) is 68.1 cm³/mol. The van der Waals surface area contributed by atoms with Gasteiger partial charge in [0.15, 0.2) is 0 Å². The maximum absolute atomic E-state index is 11.4. The molecule has 5 nitrogen and oxygen atoms in total. The lowest BCUT2D eigenvalue weighted by atomic mass is 10.3. The SMILES string of the molecule is Cc1nc(CNC(=O)NCCC(C)O)c(C)s1. The van der Waals surface area contributed by atoms with Crippen LogP contribution in [0.1, 0.15) is 28.9 Å². The molecule has 0 aliphatic heterocycles. The Bertz CT molecular complexity index is 377. The van der Waals surface area contributed by atoms with Crippen molar-refractivity contribution in [1.29, 1.82) is 0 Å². The van der Waals surface area contributed by atoms with Gasteiger partial charge in [-0.3, -0.25) is 0 Å². The van der Waals surface area contributed by atoms with Gasteiger partial charge in [-0.2, -0.15) is 0 Å². The molecule has 0 saturated carbocycles. The lowest BCUT2D eigenvalue weighted by Crippen LogP contribution is -2.36. The fourth-order valence-corrected chi connectivity index (χ4v) is 2.19. The van der Waals surface area contributed by atoms with Gasteiger partial charge in [-0.25, -0.2) is 9.78 Å². The molecule has 1 heterocycles. The summed E-state index contributed by atoms with van der Waals surface area (Å²) in [5, 5.41) is 15.5. The minimum absolute atomic E-state index is 0.226. The van der Waals surface area contributed by atoms with E-state index in [0.29, 0.717) is 19.5 Å². The molecule has 96 valence electrons. The molecule has 0 saturated heterocycles. The van der Waals surface area contributed by atoms with E-state index in [2.05, 4.69) is 15.6 Å². The molecule has 0 spiro atoms. The molecular formula is C11H19N3O2S. The number of hydrogen-bond acceptors (Lipinski definition) is 4. The van der Waals surface area contributed by atoms with Gasteiger partial charge in [0, 0.05) is 11.4 Å². The Labute approximate surface area is 105 Å². The van der Waals surface area contributed by atoms with E-state index in [0.717, 1.165) is 15.6 Å². The summed E-state index contributed by atoms with van der Waals surface area (Å²) in [5.74, 6) is 0. The largest absolute Gasteiger partial charge is 0.393 e. The second-order valence-corrected chi connectivity index (χ2v) is 5.39. The molecule has 0 aliphatic rings. The highest BCUT2D eigenvalue weighted by atomic mass is 32.1. The number of rotatable bonds is 5. The van der Waals surface area contributed by atoms with Gasteiger partial charge < -0.3 is 15.7 Å². The van der Waals surface area contributed by atoms with E-state index in [1.807, 2.05) is 13.8 Å². The molecule has 17 heavy (non-hydrogen) atoms. The standard InChI is InChI=1S/C11H19N3O2S/c1-7(15)4-5-12-11(16)13-6-10-8(2)17-9(3)14-10/h7,15H,4-6H2,1-3H3,(H2,12,13,16). The highest BCUT2D eigenvalue weighted by Gasteiger charge is 2.06. The Kier molecular flexibility index (Phi) is 5.37. The lowest BCUT2D eigenvalue weighted by molar-refractivity contribution is 0.183. The Balaban J connectivity index is 2.26. The van der Waals surface area contributed by atoms with Crippen molar-refractivity contribution in [3.05, 3.63) is 15.6 Å². The molecule has 1 aromatic rings. The third-order valence-electron chi connectivity index (χ3n) is 2.26. The third-order valence-corrected chi connectivity index (χ3v) is 3.19. The van der Waals surface area contributed by atoms with Crippen molar-refractivity contribution in [2.24, 2.45) is 0 Å². The molecule has 0 aromatic carbocycles. The van der Waals surface area contributed by atoms with Gasteiger partial charge in [-0.1, -0.05) is 0 Å². The summed E-state index contributed by atoms with van der Waals surface area (Å²) in [7, 11) is 0. The molecule has 0 fully saturated rings. The van der Waals surface area contributed by atoms with Gasteiger partial charge in [-0.05, 0) is 27.2 Å². The summed E-state index contributed by atoms with van der Waals surface area (Å²) in [6.07, 6.45) is 0.168. The molecule has 1 rings (SSSR count). The number of carbonyl (C=O) groups excluding carboxylic acids is 1. The first-order chi connectivity index (χ1) is 7.99. The fraction of sp³-hybridized carbons (Fsp3) is 0.636. The molecule has 0 aliphatic carbocycles. The Morgan fingerprint density at radius 1 is 1.47 bits per heavy atom. The van der Waals surface area contributed by atoms with E-state index in [-0.39, 0.29) is 6.03 Å². The Hall–Kier alpha value is -1.14. The number of aliphatic hydroxyl groups is 1. The normalized spacial score (nSPS) is 12.2. The smallest absolute Gasteiger partial charge is 0.315 e. The summed E-state index contributed by atoms with van der Waals surface area (Å²) in [6.45, 7) is 6.55. The van der Waals surface area contributed by atoms with Crippen molar-refractivity contribution in [3.8, 4) is 0 Å². The van der Waals surface area contributed by atoms with Crippen LogP contribution in [-0.4, -0.2) is 28.8 Å². The molecule has 1 atom stereocenters. The van der Waals surface area contributed by atoms with Crippen LogP contribution in [0, 0.1) is 13.8 Å². The van der Waals surface area contributed by atoms with Gasteiger partial charge in [0.05, 0.1) is 23.4 Å². The minimum atomic E-state index is -0.390. The first-order valence-electron chi connectivity index (χ1n) is 5.61. The average Bonchev–Trinajstić information content (AvgIpc) is 2.54.